The molecular weight excluding hydrogens is 230 g/mol. The predicted octanol–water partition coefficient (Wildman–Crippen LogP) is 2.41. The first-order valence-electron chi connectivity index (χ1n) is 6.24. The van der Waals surface area contributed by atoms with Crippen LogP contribution in [0.15, 0.2) is 18.2 Å². The summed E-state index contributed by atoms with van der Waals surface area (Å²) in [6, 6.07) is 5.62. The summed E-state index contributed by atoms with van der Waals surface area (Å²) < 4.78 is 0. The van der Waals surface area contributed by atoms with E-state index in [9.17, 15) is 10.1 Å². The third-order valence-corrected chi connectivity index (χ3v) is 3.59. The molecule has 1 fully saturated rings. The van der Waals surface area contributed by atoms with Gasteiger partial charge in [-0.25, -0.2) is 0 Å². The number of hydrogen-bond donors (Lipinski definition) is 1. The highest BCUT2D eigenvalue weighted by molar-refractivity contribution is 5.59. The fourth-order valence-electron chi connectivity index (χ4n) is 2.69. The van der Waals surface area contributed by atoms with Crippen molar-refractivity contribution < 1.29 is 4.92 Å². The minimum absolute atomic E-state index is 0.00685. The average molecular weight is 249 g/mol. The highest BCUT2D eigenvalue weighted by Crippen LogP contribution is 2.27. The van der Waals surface area contributed by atoms with Crippen molar-refractivity contribution in [2.75, 3.05) is 12.3 Å². The smallest absolute Gasteiger partial charge is 0.292 e. The second kappa shape index (κ2) is 4.94. The molecule has 2 unspecified atom stereocenters. The van der Waals surface area contributed by atoms with Crippen LogP contribution in [-0.2, 0) is 6.54 Å². The molecule has 1 aromatic carbocycles. The molecule has 0 radical (unpaired) electrons. The number of likely N-dealkylation sites (tertiary alicyclic amines) is 1. The Morgan fingerprint density at radius 1 is 1.50 bits per heavy atom. The van der Waals surface area contributed by atoms with E-state index in [1.165, 1.54) is 6.42 Å². The third kappa shape index (κ3) is 2.61. The molecule has 1 saturated heterocycles. The molecule has 18 heavy (non-hydrogen) atoms. The Bertz CT molecular complexity index is 462. The van der Waals surface area contributed by atoms with E-state index in [1.54, 1.807) is 12.1 Å². The van der Waals surface area contributed by atoms with Crippen LogP contribution >= 0.6 is 0 Å². The van der Waals surface area contributed by atoms with Crippen LogP contribution < -0.4 is 5.73 Å². The Morgan fingerprint density at radius 3 is 2.78 bits per heavy atom. The number of nitro groups is 1. The monoisotopic (exact) mass is 249 g/mol. The van der Waals surface area contributed by atoms with Crippen molar-refractivity contribution in [2.24, 2.45) is 5.92 Å². The number of nitrogens with two attached hydrogens (primary N) is 1. The van der Waals surface area contributed by atoms with Gasteiger partial charge in [-0.3, -0.25) is 15.0 Å². The molecule has 2 atom stereocenters. The van der Waals surface area contributed by atoms with Crippen molar-refractivity contribution >= 4 is 11.4 Å². The summed E-state index contributed by atoms with van der Waals surface area (Å²) in [7, 11) is 0. The van der Waals surface area contributed by atoms with E-state index in [2.05, 4.69) is 18.7 Å². The molecule has 5 heteroatoms. The molecule has 0 saturated carbocycles. The standard InChI is InChI=1S/C13H19N3O2/c1-9-5-10(2)15(7-9)8-11-3-4-12(14)13(6-11)16(17)18/h3-4,6,9-10H,5,7-8,14H2,1-2H3. The molecule has 98 valence electrons. The van der Waals surface area contributed by atoms with E-state index in [1.807, 2.05) is 6.07 Å². The minimum atomic E-state index is -0.422. The van der Waals surface area contributed by atoms with Crippen molar-refractivity contribution in [1.29, 1.82) is 0 Å². The first-order valence-corrected chi connectivity index (χ1v) is 6.24. The molecular formula is C13H19N3O2. The maximum atomic E-state index is 10.8. The zero-order chi connectivity index (χ0) is 13.3. The van der Waals surface area contributed by atoms with Crippen LogP contribution in [0.5, 0.6) is 0 Å². The van der Waals surface area contributed by atoms with Crippen molar-refractivity contribution in [1.82, 2.24) is 4.90 Å². The van der Waals surface area contributed by atoms with E-state index in [0.29, 0.717) is 12.0 Å². The van der Waals surface area contributed by atoms with Gasteiger partial charge in [-0.05, 0) is 30.9 Å². The molecule has 2 rings (SSSR count). The minimum Gasteiger partial charge on any atom is -0.393 e. The number of nitro benzene ring substituents is 1. The van der Waals surface area contributed by atoms with Crippen LogP contribution in [0, 0.1) is 16.0 Å². The van der Waals surface area contributed by atoms with Crippen LogP contribution in [0.4, 0.5) is 11.4 Å². The van der Waals surface area contributed by atoms with Crippen molar-refractivity contribution in [2.45, 2.75) is 32.9 Å². The first-order chi connectivity index (χ1) is 8.47. The lowest BCUT2D eigenvalue weighted by Crippen LogP contribution is -2.26. The second-order valence-corrected chi connectivity index (χ2v) is 5.27. The Hall–Kier alpha value is -1.62. The van der Waals surface area contributed by atoms with Gasteiger partial charge in [0.15, 0.2) is 0 Å². The summed E-state index contributed by atoms with van der Waals surface area (Å²) in [4.78, 5) is 12.8. The summed E-state index contributed by atoms with van der Waals surface area (Å²) in [5, 5.41) is 10.8. The molecule has 0 bridgehead atoms. The van der Waals surface area contributed by atoms with E-state index >= 15 is 0 Å². The Balaban J connectivity index is 2.15. The van der Waals surface area contributed by atoms with Gasteiger partial charge in [-0.2, -0.15) is 0 Å². The Kier molecular flexibility index (Phi) is 3.52. The fraction of sp³-hybridized carbons (Fsp3) is 0.538. The zero-order valence-electron chi connectivity index (χ0n) is 10.8. The van der Waals surface area contributed by atoms with Gasteiger partial charge in [0.2, 0.25) is 0 Å². The molecule has 1 heterocycles. The molecule has 1 aliphatic rings. The number of benzene rings is 1. The van der Waals surface area contributed by atoms with Crippen molar-refractivity contribution in [3.63, 3.8) is 0 Å². The SMILES string of the molecule is CC1CC(C)N(Cc2ccc(N)c([N+](=O)[O-])c2)C1. The molecule has 0 spiro atoms. The molecule has 0 amide bonds. The number of rotatable bonds is 3. The second-order valence-electron chi connectivity index (χ2n) is 5.27. The van der Waals surface area contributed by atoms with Crippen molar-refractivity contribution in [3.05, 3.63) is 33.9 Å². The lowest BCUT2D eigenvalue weighted by molar-refractivity contribution is -0.384. The molecule has 5 nitrogen and oxygen atoms in total. The lowest BCUT2D eigenvalue weighted by atomic mass is 10.1. The normalized spacial score (nSPS) is 24.3. The highest BCUT2D eigenvalue weighted by Gasteiger charge is 2.26. The fourth-order valence-corrected chi connectivity index (χ4v) is 2.69. The van der Waals surface area contributed by atoms with E-state index in [4.69, 9.17) is 5.73 Å². The summed E-state index contributed by atoms with van der Waals surface area (Å²) in [6.45, 7) is 6.25. The van der Waals surface area contributed by atoms with Crippen molar-refractivity contribution in [3.8, 4) is 0 Å². The van der Waals surface area contributed by atoms with Crippen LogP contribution in [0.1, 0.15) is 25.8 Å². The summed E-state index contributed by atoms with van der Waals surface area (Å²) in [5.41, 5.74) is 6.78. The number of nitrogens with zero attached hydrogens (tertiary/aromatic N) is 2. The molecule has 1 aromatic rings. The van der Waals surface area contributed by atoms with E-state index in [0.717, 1.165) is 18.7 Å². The molecule has 0 aromatic heterocycles. The largest absolute Gasteiger partial charge is 0.393 e. The maximum Gasteiger partial charge on any atom is 0.292 e. The topological polar surface area (TPSA) is 72.4 Å². The quantitative estimate of drug-likeness (QED) is 0.507. The average Bonchev–Trinajstić information content (AvgIpc) is 2.60. The first kappa shape index (κ1) is 12.8. The molecule has 1 aliphatic heterocycles. The predicted molar refractivity (Wildman–Crippen MR) is 71.2 cm³/mol. The van der Waals surface area contributed by atoms with Crippen LogP contribution in [0.2, 0.25) is 0 Å². The van der Waals surface area contributed by atoms with Gasteiger partial charge in [0.1, 0.15) is 5.69 Å². The van der Waals surface area contributed by atoms with Gasteiger partial charge in [0.05, 0.1) is 4.92 Å². The number of anilines is 1. The maximum absolute atomic E-state index is 10.8. The van der Waals surface area contributed by atoms with Gasteiger partial charge >= 0.3 is 0 Å². The Labute approximate surface area is 107 Å². The lowest BCUT2D eigenvalue weighted by Gasteiger charge is -2.20. The summed E-state index contributed by atoms with van der Waals surface area (Å²) >= 11 is 0. The molecule has 0 aliphatic carbocycles. The zero-order valence-corrected chi connectivity index (χ0v) is 10.8. The van der Waals surface area contributed by atoms with E-state index in [-0.39, 0.29) is 11.4 Å². The Morgan fingerprint density at radius 2 is 2.22 bits per heavy atom. The summed E-state index contributed by atoms with van der Waals surface area (Å²) in [6.07, 6.45) is 1.19. The number of hydrogen-bond acceptors (Lipinski definition) is 4. The van der Waals surface area contributed by atoms with Gasteiger partial charge in [0.25, 0.3) is 5.69 Å². The van der Waals surface area contributed by atoms with Gasteiger partial charge in [-0.15, -0.1) is 0 Å². The van der Waals surface area contributed by atoms with Crippen LogP contribution in [0.25, 0.3) is 0 Å². The highest BCUT2D eigenvalue weighted by atomic mass is 16.6. The van der Waals surface area contributed by atoms with Crippen LogP contribution in [0.3, 0.4) is 0 Å². The molecule has 2 N–H and O–H groups in total. The van der Waals surface area contributed by atoms with Crippen LogP contribution in [-0.4, -0.2) is 22.4 Å². The van der Waals surface area contributed by atoms with E-state index < -0.39 is 4.92 Å². The van der Waals surface area contributed by atoms with Gasteiger partial charge < -0.3 is 5.73 Å². The summed E-state index contributed by atoms with van der Waals surface area (Å²) in [5.74, 6) is 0.698. The van der Waals surface area contributed by atoms with Gasteiger partial charge in [-0.1, -0.05) is 13.0 Å². The number of nitrogen functional groups attached to an aromatic ring is 1. The third-order valence-electron chi connectivity index (χ3n) is 3.59. The van der Waals surface area contributed by atoms with Gasteiger partial charge in [0, 0.05) is 25.2 Å².